The lowest BCUT2D eigenvalue weighted by Gasteiger charge is -2.25. The van der Waals surface area contributed by atoms with Crippen LogP contribution in [-0.4, -0.2) is 14.4 Å². The fraction of sp³-hybridized carbons (Fsp3) is 1.00. The first-order valence-electron chi connectivity index (χ1n) is 5.66. The summed E-state index contributed by atoms with van der Waals surface area (Å²) in [6, 6.07) is 1.32. The first kappa shape index (κ1) is 13.2. The van der Waals surface area contributed by atoms with Gasteiger partial charge in [0.25, 0.3) is 0 Å². The van der Waals surface area contributed by atoms with Crippen LogP contribution in [-0.2, 0) is 4.43 Å². The van der Waals surface area contributed by atoms with Gasteiger partial charge in [-0.05, 0) is 33.0 Å². The summed E-state index contributed by atoms with van der Waals surface area (Å²) < 4.78 is 5.96. The molecule has 0 saturated heterocycles. The molecular formula is C11H26OSi. The first-order valence-corrected chi connectivity index (χ1v) is 8.77. The molecule has 0 unspecified atom stereocenters. The van der Waals surface area contributed by atoms with Crippen LogP contribution in [0.15, 0.2) is 0 Å². The van der Waals surface area contributed by atoms with Crippen LogP contribution >= 0.6 is 0 Å². The van der Waals surface area contributed by atoms with Gasteiger partial charge in [-0.25, -0.2) is 0 Å². The second-order valence-electron chi connectivity index (χ2n) is 4.74. The summed E-state index contributed by atoms with van der Waals surface area (Å²) in [5, 5.41) is 0. The summed E-state index contributed by atoms with van der Waals surface area (Å²) in [6.45, 7) is 11.2. The van der Waals surface area contributed by atoms with Gasteiger partial charge in [0.05, 0.1) is 0 Å². The van der Waals surface area contributed by atoms with E-state index < -0.39 is 8.32 Å². The second kappa shape index (κ2) is 6.60. The largest absolute Gasteiger partial charge is 0.415 e. The molecule has 0 amide bonds. The number of hydrogen-bond donors (Lipinski definition) is 0. The van der Waals surface area contributed by atoms with Crippen molar-refractivity contribution in [2.75, 3.05) is 0 Å². The highest BCUT2D eigenvalue weighted by atomic mass is 28.4. The van der Waals surface area contributed by atoms with Gasteiger partial charge in [-0.2, -0.15) is 0 Å². The minimum absolute atomic E-state index is 0.410. The van der Waals surface area contributed by atoms with Crippen molar-refractivity contribution >= 4 is 8.32 Å². The van der Waals surface area contributed by atoms with Crippen molar-refractivity contribution in [3.63, 3.8) is 0 Å². The number of rotatable bonds is 7. The van der Waals surface area contributed by atoms with E-state index in [1.165, 1.54) is 31.7 Å². The van der Waals surface area contributed by atoms with Crippen LogP contribution in [0.4, 0.5) is 0 Å². The molecule has 0 heterocycles. The zero-order chi connectivity index (χ0) is 10.3. The third-order valence-electron chi connectivity index (χ3n) is 2.19. The Morgan fingerprint density at radius 1 is 1.08 bits per heavy atom. The van der Waals surface area contributed by atoms with E-state index in [4.69, 9.17) is 4.43 Å². The third-order valence-corrected chi connectivity index (χ3v) is 4.85. The van der Waals surface area contributed by atoms with Gasteiger partial charge in [-0.1, -0.05) is 32.6 Å². The van der Waals surface area contributed by atoms with Gasteiger partial charge in [0, 0.05) is 6.10 Å². The summed E-state index contributed by atoms with van der Waals surface area (Å²) >= 11 is 0. The minimum atomic E-state index is -1.32. The standard InChI is InChI=1S/C11H26OSi/c1-6-7-8-9-10-13(4,5)12-11(2)3/h11H,6-10H2,1-5H3. The van der Waals surface area contributed by atoms with E-state index in [1.807, 2.05) is 0 Å². The van der Waals surface area contributed by atoms with E-state index in [0.29, 0.717) is 6.10 Å². The Labute approximate surface area is 85.0 Å². The number of hydrogen-bond acceptors (Lipinski definition) is 1. The van der Waals surface area contributed by atoms with E-state index in [9.17, 15) is 0 Å². The molecule has 0 N–H and O–H groups in total. The molecule has 13 heavy (non-hydrogen) atoms. The maximum Gasteiger partial charge on any atom is 0.187 e. The van der Waals surface area contributed by atoms with Gasteiger partial charge in [0.2, 0.25) is 0 Å². The van der Waals surface area contributed by atoms with Gasteiger partial charge in [0.1, 0.15) is 0 Å². The molecule has 0 radical (unpaired) electrons. The van der Waals surface area contributed by atoms with Gasteiger partial charge < -0.3 is 4.43 Å². The Morgan fingerprint density at radius 3 is 2.15 bits per heavy atom. The zero-order valence-electron chi connectivity index (χ0n) is 10.0. The van der Waals surface area contributed by atoms with Gasteiger partial charge in [-0.15, -0.1) is 0 Å². The first-order chi connectivity index (χ1) is 5.98. The summed E-state index contributed by atoms with van der Waals surface area (Å²) in [6.07, 6.45) is 5.86. The van der Waals surface area contributed by atoms with Gasteiger partial charge in [0.15, 0.2) is 8.32 Å². The normalized spacial score (nSPS) is 12.5. The van der Waals surface area contributed by atoms with Crippen LogP contribution in [0.25, 0.3) is 0 Å². The predicted molar refractivity (Wildman–Crippen MR) is 62.7 cm³/mol. The van der Waals surface area contributed by atoms with Crippen molar-refractivity contribution in [2.24, 2.45) is 0 Å². The van der Waals surface area contributed by atoms with Crippen molar-refractivity contribution in [3.05, 3.63) is 0 Å². The van der Waals surface area contributed by atoms with E-state index in [0.717, 1.165) is 0 Å². The van der Waals surface area contributed by atoms with E-state index >= 15 is 0 Å². The fourth-order valence-electron chi connectivity index (χ4n) is 1.67. The maximum absolute atomic E-state index is 5.96. The molecule has 0 spiro atoms. The Kier molecular flexibility index (Phi) is 6.69. The maximum atomic E-state index is 5.96. The Bertz CT molecular complexity index is 121. The quantitative estimate of drug-likeness (QED) is 0.444. The molecule has 0 bridgehead atoms. The Balaban J connectivity index is 3.50. The molecule has 0 aliphatic carbocycles. The highest BCUT2D eigenvalue weighted by Crippen LogP contribution is 2.18. The number of unbranched alkanes of at least 4 members (excludes halogenated alkanes) is 3. The summed E-state index contributed by atoms with van der Waals surface area (Å²) in [4.78, 5) is 0. The Hall–Kier alpha value is 0.177. The highest BCUT2D eigenvalue weighted by molar-refractivity contribution is 6.71. The lowest BCUT2D eigenvalue weighted by molar-refractivity contribution is 0.230. The summed E-state index contributed by atoms with van der Waals surface area (Å²) in [5.41, 5.74) is 0. The topological polar surface area (TPSA) is 9.23 Å². The fourth-order valence-corrected chi connectivity index (χ4v) is 4.17. The van der Waals surface area contributed by atoms with Crippen molar-refractivity contribution < 1.29 is 4.43 Å². The highest BCUT2D eigenvalue weighted by Gasteiger charge is 2.22. The van der Waals surface area contributed by atoms with E-state index in [-0.39, 0.29) is 0 Å². The van der Waals surface area contributed by atoms with Crippen molar-refractivity contribution in [3.8, 4) is 0 Å². The minimum Gasteiger partial charge on any atom is -0.415 e. The predicted octanol–water partition coefficient (Wildman–Crippen LogP) is 4.20. The molecule has 0 rings (SSSR count). The van der Waals surface area contributed by atoms with Crippen molar-refractivity contribution in [2.45, 2.75) is 71.7 Å². The molecule has 0 aliphatic heterocycles. The molecule has 0 aromatic heterocycles. The van der Waals surface area contributed by atoms with E-state index in [1.54, 1.807) is 0 Å². The van der Waals surface area contributed by atoms with Crippen LogP contribution in [0, 0.1) is 0 Å². The van der Waals surface area contributed by atoms with Crippen LogP contribution in [0.5, 0.6) is 0 Å². The average Bonchev–Trinajstić information content (AvgIpc) is 1.95. The molecule has 0 aromatic carbocycles. The lowest BCUT2D eigenvalue weighted by Crippen LogP contribution is -2.33. The van der Waals surface area contributed by atoms with Gasteiger partial charge >= 0.3 is 0 Å². The van der Waals surface area contributed by atoms with Crippen LogP contribution in [0.3, 0.4) is 0 Å². The molecule has 0 atom stereocenters. The molecule has 0 aliphatic rings. The second-order valence-corrected chi connectivity index (χ2v) is 8.99. The molecule has 1 nitrogen and oxygen atoms in total. The van der Waals surface area contributed by atoms with Crippen LogP contribution in [0.1, 0.15) is 46.5 Å². The van der Waals surface area contributed by atoms with E-state index in [2.05, 4.69) is 33.9 Å². The molecule has 80 valence electrons. The Morgan fingerprint density at radius 2 is 1.69 bits per heavy atom. The summed E-state index contributed by atoms with van der Waals surface area (Å²) in [7, 11) is -1.32. The van der Waals surface area contributed by atoms with Crippen molar-refractivity contribution in [1.29, 1.82) is 0 Å². The van der Waals surface area contributed by atoms with Gasteiger partial charge in [-0.3, -0.25) is 0 Å². The molecule has 2 heteroatoms. The third kappa shape index (κ3) is 8.51. The zero-order valence-corrected chi connectivity index (χ0v) is 11.0. The molecule has 0 fully saturated rings. The monoisotopic (exact) mass is 202 g/mol. The molecular weight excluding hydrogens is 176 g/mol. The molecule has 0 aromatic rings. The SMILES string of the molecule is CCCCCC[Si](C)(C)OC(C)C. The van der Waals surface area contributed by atoms with Crippen molar-refractivity contribution in [1.82, 2.24) is 0 Å². The summed E-state index contributed by atoms with van der Waals surface area (Å²) in [5.74, 6) is 0. The van der Waals surface area contributed by atoms with Crippen LogP contribution < -0.4 is 0 Å². The van der Waals surface area contributed by atoms with Crippen LogP contribution in [0.2, 0.25) is 19.1 Å². The molecule has 0 saturated carbocycles. The lowest BCUT2D eigenvalue weighted by atomic mass is 10.2. The smallest absolute Gasteiger partial charge is 0.187 e. The average molecular weight is 202 g/mol.